The molecule has 188 valence electrons. The molecule has 0 saturated carbocycles. The highest BCUT2D eigenvalue weighted by atomic mass is 19.1. The molecular formula is C26H25F3N4O3. The maximum Gasteiger partial charge on any atom is 0.251 e. The molecule has 2 amide bonds. The molecule has 0 radical (unpaired) electrons. The van der Waals surface area contributed by atoms with Crippen LogP contribution in [0.4, 0.5) is 13.2 Å². The van der Waals surface area contributed by atoms with E-state index in [0.717, 1.165) is 24.3 Å². The Labute approximate surface area is 205 Å². The molecule has 2 aliphatic heterocycles. The second kappa shape index (κ2) is 10.4. The van der Waals surface area contributed by atoms with E-state index >= 15 is 0 Å². The molecule has 0 bridgehead atoms. The van der Waals surface area contributed by atoms with Crippen LogP contribution in [0.15, 0.2) is 47.1 Å². The molecule has 3 atom stereocenters. The zero-order valence-corrected chi connectivity index (χ0v) is 19.5. The van der Waals surface area contributed by atoms with Gasteiger partial charge < -0.3 is 11.1 Å². The molecule has 10 heteroatoms. The molecule has 36 heavy (non-hydrogen) atoms. The number of halogens is 3. The Morgan fingerprint density at radius 3 is 2.50 bits per heavy atom. The van der Waals surface area contributed by atoms with Gasteiger partial charge in [-0.1, -0.05) is 13.0 Å². The van der Waals surface area contributed by atoms with Gasteiger partial charge in [-0.3, -0.25) is 24.7 Å². The minimum atomic E-state index is -0.930. The molecule has 4 rings (SSSR count). The third-order valence-corrected chi connectivity index (χ3v) is 6.19. The van der Waals surface area contributed by atoms with Gasteiger partial charge >= 0.3 is 0 Å². The zero-order valence-electron chi connectivity index (χ0n) is 19.5. The number of nitrogens with one attached hydrogen (secondary N) is 2. The third-order valence-electron chi connectivity index (χ3n) is 6.19. The molecular weight excluding hydrogens is 473 g/mol. The number of hydrogen-bond donors (Lipinski definition) is 3. The number of carbonyl (C=O) groups is 3. The minimum absolute atomic E-state index is 0.00445. The Morgan fingerprint density at radius 1 is 1.14 bits per heavy atom. The fourth-order valence-corrected chi connectivity index (χ4v) is 4.48. The lowest BCUT2D eigenvalue weighted by Gasteiger charge is -2.28. The highest BCUT2D eigenvalue weighted by Gasteiger charge is 2.32. The standard InChI is InChI=1S/C26H25F3N4O3/c1-13-4-19(15-2-3-21(29)20(8-15)25(30)35)24(32-11-13)22(7-14-5-16(27)9-17(28)6-14)33-26(36)23-10-18(34)12-31-23/h2-3,5-6,8-9,11,13,22-23,31H,4,7,10,12H2,1H3,(H2,30,35)(H,33,36)/t13-,22+,23+/m1/s1. The van der Waals surface area contributed by atoms with Gasteiger partial charge in [0.25, 0.3) is 5.91 Å². The van der Waals surface area contributed by atoms with Crippen molar-refractivity contribution < 1.29 is 27.6 Å². The number of rotatable bonds is 7. The second-order valence-corrected chi connectivity index (χ2v) is 9.10. The average molecular weight is 499 g/mol. The zero-order chi connectivity index (χ0) is 26.0. The van der Waals surface area contributed by atoms with Gasteiger partial charge in [-0.25, -0.2) is 13.2 Å². The first-order valence-electron chi connectivity index (χ1n) is 11.5. The van der Waals surface area contributed by atoms with Gasteiger partial charge in [-0.15, -0.1) is 0 Å². The van der Waals surface area contributed by atoms with Gasteiger partial charge in [0, 0.05) is 18.7 Å². The van der Waals surface area contributed by atoms with Gasteiger partial charge in [0.2, 0.25) is 5.91 Å². The summed E-state index contributed by atoms with van der Waals surface area (Å²) in [5.41, 5.74) is 6.84. The molecule has 2 aromatic rings. The highest BCUT2D eigenvalue weighted by molar-refractivity contribution is 5.95. The number of nitrogens with two attached hydrogens (primary N) is 1. The van der Waals surface area contributed by atoms with Crippen molar-refractivity contribution in [1.29, 1.82) is 0 Å². The molecule has 7 nitrogen and oxygen atoms in total. The maximum atomic E-state index is 14.2. The number of hydrogen-bond acceptors (Lipinski definition) is 5. The number of nitrogens with zero attached hydrogens (tertiary/aromatic N) is 1. The first kappa shape index (κ1) is 25.3. The smallest absolute Gasteiger partial charge is 0.251 e. The quantitative estimate of drug-likeness (QED) is 0.545. The fraction of sp³-hybridized carbons (Fsp3) is 0.308. The molecule has 0 spiro atoms. The number of primary amides is 1. The van der Waals surface area contributed by atoms with Crippen molar-refractivity contribution in [3.8, 4) is 0 Å². The summed E-state index contributed by atoms with van der Waals surface area (Å²) in [5, 5.41) is 5.71. The van der Waals surface area contributed by atoms with Crippen LogP contribution in [0.2, 0.25) is 0 Å². The minimum Gasteiger partial charge on any atom is -0.366 e. The van der Waals surface area contributed by atoms with Crippen LogP contribution in [0.3, 0.4) is 0 Å². The Balaban J connectivity index is 1.78. The topological polar surface area (TPSA) is 114 Å². The molecule has 4 N–H and O–H groups in total. The van der Waals surface area contributed by atoms with Crippen molar-refractivity contribution in [2.24, 2.45) is 16.6 Å². The third kappa shape index (κ3) is 5.71. The summed E-state index contributed by atoms with van der Waals surface area (Å²) in [6.45, 7) is 2.00. The van der Waals surface area contributed by atoms with E-state index < -0.39 is 41.3 Å². The van der Waals surface area contributed by atoms with Crippen LogP contribution in [-0.2, 0) is 16.0 Å². The monoisotopic (exact) mass is 498 g/mol. The number of aliphatic imine (C=N–C) groups is 1. The molecule has 0 unspecified atom stereocenters. The first-order valence-corrected chi connectivity index (χ1v) is 11.5. The van der Waals surface area contributed by atoms with Gasteiger partial charge in [-0.05, 0) is 59.7 Å². The molecule has 2 aromatic carbocycles. The lowest BCUT2D eigenvalue weighted by atomic mass is 9.87. The van der Waals surface area contributed by atoms with E-state index in [1.54, 1.807) is 6.21 Å². The van der Waals surface area contributed by atoms with E-state index in [0.29, 0.717) is 23.3 Å². The average Bonchev–Trinajstić information content (AvgIpc) is 3.24. The lowest BCUT2D eigenvalue weighted by molar-refractivity contribution is -0.124. The van der Waals surface area contributed by atoms with Crippen LogP contribution < -0.4 is 16.4 Å². The van der Waals surface area contributed by atoms with Gasteiger partial charge in [0.05, 0.1) is 29.9 Å². The van der Waals surface area contributed by atoms with Gasteiger partial charge in [0.15, 0.2) is 0 Å². The van der Waals surface area contributed by atoms with E-state index in [9.17, 15) is 27.6 Å². The number of benzene rings is 2. The number of ketones is 1. The van der Waals surface area contributed by atoms with Crippen LogP contribution in [-0.4, -0.2) is 42.4 Å². The summed E-state index contributed by atoms with van der Waals surface area (Å²) >= 11 is 0. The number of carbonyl (C=O) groups excluding carboxylic acids is 3. The SMILES string of the molecule is C[C@H]1C=NC([C@H](Cc2cc(F)cc(F)c2)NC(=O)[C@@H]2CC(=O)CN2)=C(c2ccc(F)c(C(N)=O)c2)C1. The van der Waals surface area contributed by atoms with Crippen molar-refractivity contribution in [3.63, 3.8) is 0 Å². The summed E-state index contributed by atoms with van der Waals surface area (Å²) in [6.07, 6.45) is 2.17. The first-order chi connectivity index (χ1) is 17.1. The number of amides is 2. The summed E-state index contributed by atoms with van der Waals surface area (Å²) < 4.78 is 42.0. The fourth-order valence-electron chi connectivity index (χ4n) is 4.48. The molecule has 2 aliphatic rings. The number of Topliss-reactive ketones (excluding diaryl/α,β-unsaturated/α-hetero) is 1. The highest BCUT2D eigenvalue weighted by Crippen LogP contribution is 2.33. The molecule has 0 aromatic heterocycles. The van der Waals surface area contributed by atoms with Crippen molar-refractivity contribution in [1.82, 2.24) is 10.6 Å². The van der Waals surface area contributed by atoms with E-state index in [-0.39, 0.29) is 42.2 Å². The predicted molar refractivity (Wildman–Crippen MR) is 128 cm³/mol. The Hall–Kier alpha value is -3.79. The summed E-state index contributed by atoms with van der Waals surface area (Å²) in [7, 11) is 0. The Bertz CT molecular complexity index is 1270. The Kier molecular flexibility index (Phi) is 7.35. The van der Waals surface area contributed by atoms with Crippen LogP contribution >= 0.6 is 0 Å². The van der Waals surface area contributed by atoms with Crippen LogP contribution in [0.25, 0.3) is 5.57 Å². The Morgan fingerprint density at radius 2 is 1.86 bits per heavy atom. The second-order valence-electron chi connectivity index (χ2n) is 9.10. The maximum absolute atomic E-state index is 14.2. The van der Waals surface area contributed by atoms with Gasteiger partial charge in [-0.2, -0.15) is 0 Å². The van der Waals surface area contributed by atoms with E-state index in [1.807, 2.05) is 6.92 Å². The molecule has 2 heterocycles. The van der Waals surface area contributed by atoms with E-state index in [2.05, 4.69) is 15.6 Å². The van der Waals surface area contributed by atoms with Crippen molar-refractivity contribution in [2.45, 2.75) is 38.3 Å². The summed E-state index contributed by atoms with van der Waals surface area (Å²) in [5.74, 6) is -3.80. The number of allylic oxidation sites excluding steroid dienone is 1. The lowest BCUT2D eigenvalue weighted by Crippen LogP contribution is -2.47. The van der Waals surface area contributed by atoms with Gasteiger partial charge in [0.1, 0.15) is 23.2 Å². The summed E-state index contributed by atoms with van der Waals surface area (Å²) in [6, 6.07) is 5.45. The van der Waals surface area contributed by atoms with Crippen LogP contribution in [0.1, 0.15) is 41.3 Å². The summed E-state index contributed by atoms with van der Waals surface area (Å²) in [4.78, 5) is 41.0. The van der Waals surface area contributed by atoms with Crippen molar-refractivity contribution in [2.75, 3.05) is 6.54 Å². The largest absolute Gasteiger partial charge is 0.366 e. The van der Waals surface area contributed by atoms with E-state index in [1.165, 1.54) is 12.1 Å². The van der Waals surface area contributed by atoms with Crippen LogP contribution in [0.5, 0.6) is 0 Å². The predicted octanol–water partition coefficient (Wildman–Crippen LogP) is 2.68. The normalized spacial score (nSPS) is 20.5. The molecule has 1 saturated heterocycles. The van der Waals surface area contributed by atoms with Crippen LogP contribution in [0, 0.1) is 23.4 Å². The van der Waals surface area contributed by atoms with Crippen molar-refractivity contribution >= 4 is 29.4 Å². The molecule has 1 fully saturated rings. The van der Waals surface area contributed by atoms with E-state index in [4.69, 9.17) is 5.73 Å². The van der Waals surface area contributed by atoms with Crippen molar-refractivity contribution in [3.05, 3.63) is 76.2 Å². The molecule has 0 aliphatic carbocycles.